The first-order valence-electron chi connectivity index (χ1n) is 7.33. The highest BCUT2D eigenvalue weighted by Gasteiger charge is 2.40. The summed E-state index contributed by atoms with van der Waals surface area (Å²) >= 11 is 0. The number of fused-ring (bicyclic) bond motifs is 3. The van der Waals surface area contributed by atoms with Crippen LogP contribution >= 0.6 is 0 Å². The third-order valence-corrected chi connectivity index (χ3v) is 4.90. The van der Waals surface area contributed by atoms with Gasteiger partial charge in [-0.05, 0) is 50.2 Å². The largest absolute Gasteiger partial charge is 0.349 e. The quantitative estimate of drug-likeness (QED) is 0.907. The lowest BCUT2D eigenvalue weighted by atomic mass is 9.95. The predicted molar refractivity (Wildman–Crippen MR) is 74.4 cm³/mol. The number of nitrogens with zero attached hydrogens (tertiary/aromatic N) is 3. The van der Waals surface area contributed by atoms with Crippen LogP contribution < -0.4 is 5.32 Å². The van der Waals surface area contributed by atoms with E-state index in [-0.39, 0.29) is 5.91 Å². The zero-order valence-electron chi connectivity index (χ0n) is 11.5. The Morgan fingerprint density at radius 1 is 1.35 bits per heavy atom. The van der Waals surface area contributed by atoms with Crippen molar-refractivity contribution in [1.29, 1.82) is 0 Å². The van der Waals surface area contributed by atoms with Crippen molar-refractivity contribution < 1.29 is 4.79 Å². The second-order valence-corrected chi connectivity index (χ2v) is 6.12. The van der Waals surface area contributed by atoms with E-state index < -0.39 is 0 Å². The monoisotopic (exact) mass is 270 g/mol. The van der Waals surface area contributed by atoms with Crippen LogP contribution in [-0.4, -0.2) is 26.5 Å². The minimum Gasteiger partial charge on any atom is -0.349 e. The van der Waals surface area contributed by atoms with E-state index in [4.69, 9.17) is 0 Å². The topological polar surface area (TPSA) is 59.3 Å². The second kappa shape index (κ2) is 4.30. The van der Waals surface area contributed by atoms with Crippen molar-refractivity contribution in [1.82, 2.24) is 19.9 Å². The highest BCUT2D eigenvalue weighted by atomic mass is 16.1. The number of carbonyl (C=O) groups is 1. The molecule has 0 unspecified atom stereocenters. The van der Waals surface area contributed by atoms with E-state index in [1.54, 1.807) is 0 Å². The molecule has 1 N–H and O–H groups in total. The summed E-state index contributed by atoms with van der Waals surface area (Å²) in [5.74, 6) is 2.30. The van der Waals surface area contributed by atoms with Crippen LogP contribution in [0, 0.1) is 18.8 Å². The predicted octanol–water partition coefficient (Wildman–Crippen LogP) is 1.96. The van der Waals surface area contributed by atoms with E-state index in [0.717, 1.165) is 18.2 Å². The molecule has 5 heteroatoms. The van der Waals surface area contributed by atoms with Gasteiger partial charge in [-0.1, -0.05) is 6.42 Å². The molecule has 4 rings (SSSR count). The lowest BCUT2D eigenvalue weighted by molar-refractivity contribution is 0.0924. The van der Waals surface area contributed by atoms with Gasteiger partial charge in [-0.3, -0.25) is 9.20 Å². The van der Waals surface area contributed by atoms with Crippen LogP contribution in [-0.2, 0) is 0 Å². The Bertz CT molecular complexity index is 678. The number of carbonyl (C=O) groups excluding carboxylic acids is 1. The third-order valence-electron chi connectivity index (χ3n) is 4.90. The molecule has 5 nitrogen and oxygen atoms in total. The van der Waals surface area contributed by atoms with Crippen LogP contribution in [0.2, 0.25) is 0 Å². The van der Waals surface area contributed by atoms with E-state index in [1.165, 1.54) is 19.3 Å². The van der Waals surface area contributed by atoms with Gasteiger partial charge >= 0.3 is 0 Å². The molecule has 0 aromatic carbocycles. The summed E-state index contributed by atoms with van der Waals surface area (Å²) in [6, 6.07) is 4.05. The fourth-order valence-electron chi connectivity index (χ4n) is 3.88. The fraction of sp³-hybridized carbons (Fsp3) is 0.533. The lowest BCUT2D eigenvalue weighted by Gasteiger charge is -2.22. The Balaban J connectivity index is 1.61. The summed E-state index contributed by atoms with van der Waals surface area (Å²) in [5.41, 5.74) is 1.27. The number of aromatic nitrogens is 3. The summed E-state index contributed by atoms with van der Waals surface area (Å²) in [5, 5.41) is 11.4. The van der Waals surface area contributed by atoms with E-state index in [9.17, 15) is 4.79 Å². The first-order valence-corrected chi connectivity index (χ1v) is 7.33. The first kappa shape index (κ1) is 11.9. The molecule has 2 aliphatic carbocycles. The molecule has 2 aromatic rings. The molecule has 2 saturated carbocycles. The van der Waals surface area contributed by atoms with Gasteiger partial charge < -0.3 is 5.32 Å². The SMILES string of the molecule is Cc1nnc2c(C(=O)N[C@@H]3C[C@H]4CC[C@@H]3C4)cccn12. The molecule has 2 aromatic heterocycles. The van der Waals surface area contributed by atoms with E-state index >= 15 is 0 Å². The van der Waals surface area contributed by atoms with Crippen molar-refractivity contribution >= 4 is 11.6 Å². The molecule has 0 radical (unpaired) electrons. The smallest absolute Gasteiger partial charge is 0.255 e. The van der Waals surface area contributed by atoms with Crippen molar-refractivity contribution in [3.8, 4) is 0 Å². The maximum Gasteiger partial charge on any atom is 0.255 e. The Morgan fingerprint density at radius 3 is 3.00 bits per heavy atom. The van der Waals surface area contributed by atoms with Gasteiger partial charge in [0.2, 0.25) is 0 Å². The Morgan fingerprint density at radius 2 is 2.25 bits per heavy atom. The molecule has 1 amide bonds. The first-order chi connectivity index (χ1) is 9.72. The van der Waals surface area contributed by atoms with E-state index in [0.29, 0.717) is 23.2 Å². The number of pyridine rings is 1. The average molecular weight is 270 g/mol. The van der Waals surface area contributed by atoms with Crippen LogP contribution in [0.4, 0.5) is 0 Å². The van der Waals surface area contributed by atoms with Gasteiger partial charge in [0, 0.05) is 12.2 Å². The number of rotatable bonds is 2. The van der Waals surface area contributed by atoms with Crippen LogP contribution in [0.25, 0.3) is 5.65 Å². The molecular formula is C15H18N4O. The maximum absolute atomic E-state index is 12.5. The maximum atomic E-state index is 12.5. The molecule has 0 saturated heterocycles. The molecule has 0 aliphatic heterocycles. The molecule has 2 aliphatic rings. The number of nitrogens with one attached hydrogen (secondary N) is 1. The summed E-state index contributed by atoms with van der Waals surface area (Å²) in [6.45, 7) is 1.89. The molecule has 104 valence electrons. The van der Waals surface area contributed by atoms with Crippen LogP contribution in [0.15, 0.2) is 18.3 Å². The van der Waals surface area contributed by atoms with Gasteiger partial charge in [-0.2, -0.15) is 0 Å². The highest BCUT2D eigenvalue weighted by molar-refractivity contribution is 5.99. The second-order valence-electron chi connectivity index (χ2n) is 6.12. The zero-order valence-corrected chi connectivity index (χ0v) is 11.5. The number of amides is 1. The number of hydrogen-bond acceptors (Lipinski definition) is 3. The number of hydrogen-bond donors (Lipinski definition) is 1. The van der Waals surface area contributed by atoms with Gasteiger partial charge in [0.25, 0.3) is 5.91 Å². The van der Waals surface area contributed by atoms with Crippen molar-refractivity contribution in [3.05, 3.63) is 29.7 Å². The minimum atomic E-state index is -0.0134. The molecule has 2 fully saturated rings. The van der Waals surface area contributed by atoms with Crippen LogP contribution in [0.1, 0.15) is 41.9 Å². The molecule has 20 heavy (non-hydrogen) atoms. The third kappa shape index (κ3) is 1.72. The van der Waals surface area contributed by atoms with Crippen molar-refractivity contribution in [2.75, 3.05) is 0 Å². The van der Waals surface area contributed by atoms with Gasteiger partial charge in [0.15, 0.2) is 5.65 Å². The number of aryl methyl sites for hydroxylation is 1. The fourth-order valence-corrected chi connectivity index (χ4v) is 3.88. The van der Waals surface area contributed by atoms with Gasteiger partial charge in [0.1, 0.15) is 5.82 Å². The highest BCUT2D eigenvalue weighted by Crippen LogP contribution is 2.44. The summed E-state index contributed by atoms with van der Waals surface area (Å²) in [7, 11) is 0. The van der Waals surface area contributed by atoms with E-state index in [2.05, 4.69) is 15.5 Å². The average Bonchev–Trinajstić information content (AvgIpc) is 3.14. The molecular weight excluding hydrogens is 252 g/mol. The van der Waals surface area contributed by atoms with Gasteiger partial charge in [0.05, 0.1) is 5.56 Å². The van der Waals surface area contributed by atoms with Crippen molar-refractivity contribution in [2.24, 2.45) is 11.8 Å². The van der Waals surface area contributed by atoms with Crippen LogP contribution in [0.3, 0.4) is 0 Å². The summed E-state index contributed by atoms with van der Waals surface area (Å²) in [4.78, 5) is 12.5. The summed E-state index contributed by atoms with van der Waals surface area (Å²) < 4.78 is 1.86. The normalized spacial score (nSPS) is 28.1. The molecule has 3 atom stereocenters. The Kier molecular flexibility index (Phi) is 2.55. The minimum absolute atomic E-state index is 0.0134. The van der Waals surface area contributed by atoms with Crippen LogP contribution in [0.5, 0.6) is 0 Å². The van der Waals surface area contributed by atoms with Crippen molar-refractivity contribution in [3.63, 3.8) is 0 Å². The lowest BCUT2D eigenvalue weighted by Crippen LogP contribution is -2.38. The molecule has 2 heterocycles. The van der Waals surface area contributed by atoms with Gasteiger partial charge in [-0.25, -0.2) is 0 Å². The zero-order chi connectivity index (χ0) is 13.7. The Hall–Kier alpha value is -1.91. The molecule has 2 bridgehead atoms. The van der Waals surface area contributed by atoms with Gasteiger partial charge in [-0.15, -0.1) is 10.2 Å². The molecule has 0 spiro atoms. The Labute approximate surface area is 117 Å². The van der Waals surface area contributed by atoms with E-state index in [1.807, 2.05) is 29.7 Å². The standard InChI is InChI=1S/C15H18N4O/c1-9-17-18-14-12(3-2-6-19(9)14)15(20)16-13-8-10-4-5-11(13)7-10/h2-3,6,10-11,13H,4-5,7-8H2,1H3,(H,16,20)/t10-,11+,13+/m0/s1. The summed E-state index contributed by atoms with van der Waals surface area (Å²) in [6.07, 6.45) is 6.93. The van der Waals surface area contributed by atoms with Crippen molar-refractivity contribution in [2.45, 2.75) is 38.6 Å².